The zero-order valence-corrected chi connectivity index (χ0v) is 17.6. The quantitative estimate of drug-likeness (QED) is 0.527. The predicted molar refractivity (Wildman–Crippen MR) is 115 cm³/mol. The van der Waals surface area contributed by atoms with Crippen molar-refractivity contribution in [3.8, 4) is 0 Å². The molecule has 0 aromatic heterocycles. The number of fused-ring (bicyclic) bond motifs is 3. The van der Waals surface area contributed by atoms with Crippen LogP contribution in [0.2, 0.25) is 0 Å². The van der Waals surface area contributed by atoms with Gasteiger partial charge in [-0.25, -0.2) is 0 Å². The maximum atomic E-state index is 2.55. The van der Waals surface area contributed by atoms with Crippen molar-refractivity contribution >= 4 is 16.3 Å². The second-order valence-electron chi connectivity index (χ2n) is 9.56. The molecule has 4 rings (SSSR count). The second-order valence-corrected chi connectivity index (χ2v) is 9.56. The van der Waals surface area contributed by atoms with Crippen LogP contribution in [0.1, 0.15) is 101 Å². The van der Waals surface area contributed by atoms with E-state index in [1.165, 1.54) is 23.8 Å². The number of allylic oxidation sites excluding steroid dienone is 2. The molecule has 0 heteroatoms. The first-order chi connectivity index (χ1) is 12.3. The summed E-state index contributed by atoms with van der Waals surface area (Å²) in [6.45, 7) is 16.7. The Kier molecular flexibility index (Phi) is 4.29. The highest BCUT2D eigenvalue weighted by molar-refractivity contribution is 6.03. The highest BCUT2D eigenvalue weighted by Crippen LogP contribution is 2.56. The Morgan fingerprint density at radius 1 is 0.846 bits per heavy atom. The maximum absolute atomic E-state index is 2.55. The summed E-state index contributed by atoms with van der Waals surface area (Å²) in [5.74, 6) is 3.08. The smallest absolute Gasteiger partial charge is 0.00634 e. The number of hydrogen-bond acceptors (Lipinski definition) is 0. The zero-order valence-electron chi connectivity index (χ0n) is 17.6. The number of hydrogen-bond donors (Lipinski definition) is 0. The standard InChI is InChI=1S/C26H34/c1-14(2)21-13-22(15(3)4)26-24-17(7)11-12-20(23(24)16(5)6)18-9-8-10-19(21)25(18)26/h8-10,13-17,20H,11-12H2,1-7H3. The third-order valence-electron chi connectivity index (χ3n) is 6.84. The van der Waals surface area contributed by atoms with Gasteiger partial charge in [0.25, 0.3) is 0 Å². The predicted octanol–water partition coefficient (Wildman–Crippen LogP) is 8.02. The molecular weight excluding hydrogens is 312 g/mol. The summed E-state index contributed by atoms with van der Waals surface area (Å²) in [6, 6.07) is 9.66. The van der Waals surface area contributed by atoms with Crippen LogP contribution >= 0.6 is 0 Å². The van der Waals surface area contributed by atoms with Crippen molar-refractivity contribution in [3.05, 3.63) is 52.1 Å². The molecule has 138 valence electrons. The van der Waals surface area contributed by atoms with E-state index in [9.17, 15) is 0 Å². The largest absolute Gasteiger partial charge is 0.0613 e. The molecule has 0 fully saturated rings. The fourth-order valence-corrected chi connectivity index (χ4v) is 5.68. The average molecular weight is 347 g/mol. The second kappa shape index (κ2) is 6.25. The van der Waals surface area contributed by atoms with E-state index < -0.39 is 0 Å². The van der Waals surface area contributed by atoms with Gasteiger partial charge in [-0.3, -0.25) is 0 Å². The first-order valence-electron chi connectivity index (χ1n) is 10.7. The summed E-state index contributed by atoms with van der Waals surface area (Å²) in [5, 5.41) is 3.11. The minimum absolute atomic E-state index is 0.562. The van der Waals surface area contributed by atoms with Crippen molar-refractivity contribution in [2.45, 2.75) is 79.1 Å². The van der Waals surface area contributed by atoms with E-state index >= 15 is 0 Å². The van der Waals surface area contributed by atoms with E-state index in [1.54, 1.807) is 33.2 Å². The monoisotopic (exact) mass is 346 g/mol. The number of benzene rings is 2. The van der Waals surface area contributed by atoms with Gasteiger partial charge in [0.05, 0.1) is 0 Å². The van der Waals surface area contributed by atoms with Crippen molar-refractivity contribution < 1.29 is 0 Å². The van der Waals surface area contributed by atoms with Gasteiger partial charge in [0.1, 0.15) is 0 Å². The lowest BCUT2D eigenvalue weighted by Crippen LogP contribution is -2.24. The molecule has 2 aromatic carbocycles. The summed E-state index contributed by atoms with van der Waals surface area (Å²) in [6.07, 6.45) is 2.65. The molecule has 0 aliphatic heterocycles. The Balaban J connectivity index is 2.21. The average Bonchev–Trinajstić information content (AvgIpc) is 2.59. The van der Waals surface area contributed by atoms with Crippen LogP contribution < -0.4 is 0 Å². The van der Waals surface area contributed by atoms with Gasteiger partial charge in [-0.2, -0.15) is 0 Å². The molecule has 0 heterocycles. The lowest BCUT2D eigenvalue weighted by molar-refractivity contribution is 0.501. The van der Waals surface area contributed by atoms with Gasteiger partial charge in [-0.1, -0.05) is 78.3 Å². The molecule has 0 radical (unpaired) electrons. The minimum atomic E-state index is 0.562. The van der Waals surface area contributed by atoms with Crippen LogP contribution in [-0.4, -0.2) is 0 Å². The van der Waals surface area contributed by atoms with Crippen LogP contribution in [0, 0.1) is 11.8 Å². The summed E-state index contributed by atoms with van der Waals surface area (Å²) < 4.78 is 0. The van der Waals surface area contributed by atoms with Crippen molar-refractivity contribution in [2.24, 2.45) is 11.8 Å². The molecule has 2 aromatic rings. The van der Waals surface area contributed by atoms with Gasteiger partial charge in [-0.15, -0.1) is 0 Å². The summed E-state index contributed by atoms with van der Waals surface area (Å²) >= 11 is 0. The molecule has 0 nitrogen and oxygen atoms in total. The lowest BCUT2D eigenvalue weighted by atomic mass is 9.62. The van der Waals surface area contributed by atoms with Crippen LogP contribution in [0.15, 0.2) is 29.8 Å². The minimum Gasteiger partial charge on any atom is -0.0613 e. The van der Waals surface area contributed by atoms with Crippen LogP contribution in [0.4, 0.5) is 0 Å². The van der Waals surface area contributed by atoms with Crippen LogP contribution in [-0.2, 0) is 0 Å². The molecule has 2 aliphatic carbocycles. The van der Waals surface area contributed by atoms with Gasteiger partial charge < -0.3 is 0 Å². The lowest BCUT2D eigenvalue weighted by Gasteiger charge is -2.42. The third kappa shape index (κ3) is 2.41. The van der Waals surface area contributed by atoms with E-state index in [0.717, 1.165) is 0 Å². The Labute approximate surface area is 159 Å². The van der Waals surface area contributed by atoms with E-state index in [-0.39, 0.29) is 0 Å². The molecule has 2 unspecified atom stereocenters. The van der Waals surface area contributed by atoms with Crippen molar-refractivity contribution in [2.75, 3.05) is 0 Å². The molecular formula is C26H34. The molecule has 0 saturated heterocycles. The van der Waals surface area contributed by atoms with Crippen molar-refractivity contribution in [3.63, 3.8) is 0 Å². The van der Waals surface area contributed by atoms with E-state index in [1.807, 2.05) is 0 Å². The Hall–Kier alpha value is -1.56. The Morgan fingerprint density at radius 3 is 2.15 bits per heavy atom. The number of rotatable bonds is 3. The third-order valence-corrected chi connectivity index (χ3v) is 6.84. The van der Waals surface area contributed by atoms with Gasteiger partial charge in [0.2, 0.25) is 0 Å². The first-order valence-corrected chi connectivity index (χ1v) is 10.7. The molecule has 0 saturated carbocycles. The van der Waals surface area contributed by atoms with Crippen LogP contribution in [0.5, 0.6) is 0 Å². The normalized spacial score (nSPS) is 22.2. The molecule has 2 bridgehead atoms. The molecule has 0 amide bonds. The van der Waals surface area contributed by atoms with Gasteiger partial charge in [0, 0.05) is 5.92 Å². The summed E-state index contributed by atoms with van der Waals surface area (Å²) in [4.78, 5) is 0. The van der Waals surface area contributed by atoms with E-state index in [2.05, 4.69) is 72.7 Å². The topological polar surface area (TPSA) is 0 Å². The van der Waals surface area contributed by atoms with Crippen molar-refractivity contribution in [1.82, 2.24) is 0 Å². The van der Waals surface area contributed by atoms with Crippen LogP contribution in [0.25, 0.3) is 16.3 Å². The summed E-state index contributed by atoms with van der Waals surface area (Å²) in [5.41, 5.74) is 9.79. The molecule has 0 spiro atoms. The van der Waals surface area contributed by atoms with E-state index in [4.69, 9.17) is 0 Å². The van der Waals surface area contributed by atoms with Crippen LogP contribution in [0.3, 0.4) is 0 Å². The highest BCUT2D eigenvalue weighted by Gasteiger charge is 2.38. The summed E-state index contributed by atoms with van der Waals surface area (Å²) in [7, 11) is 0. The fraction of sp³-hybridized carbons (Fsp3) is 0.538. The molecule has 0 N–H and O–H groups in total. The fourth-order valence-electron chi connectivity index (χ4n) is 5.68. The Bertz CT molecular complexity index is 892. The Morgan fingerprint density at radius 2 is 1.54 bits per heavy atom. The van der Waals surface area contributed by atoms with Gasteiger partial charge >= 0.3 is 0 Å². The van der Waals surface area contributed by atoms with Gasteiger partial charge in [0.15, 0.2) is 0 Å². The van der Waals surface area contributed by atoms with E-state index in [0.29, 0.717) is 29.6 Å². The molecule has 2 atom stereocenters. The highest BCUT2D eigenvalue weighted by atomic mass is 14.4. The first kappa shape index (κ1) is 17.8. The molecule has 2 aliphatic rings. The van der Waals surface area contributed by atoms with Crippen molar-refractivity contribution in [1.29, 1.82) is 0 Å². The SMILES string of the molecule is CC(C)C1=C2c3c(C(C)C)cc(C(C)C)c4cccc(c34)C1CCC2C. The zero-order chi connectivity index (χ0) is 18.7. The van der Waals surface area contributed by atoms with Gasteiger partial charge in [-0.05, 0) is 75.1 Å². The molecule has 26 heavy (non-hydrogen) atoms. The maximum Gasteiger partial charge on any atom is 0.00634 e.